The van der Waals surface area contributed by atoms with Crippen molar-refractivity contribution in [3.8, 4) is 0 Å². The second-order valence-corrected chi connectivity index (χ2v) is 9.05. The lowest BCUT2D eigenvalue weighted by Crippen LogP contribution is -2.34. The van der Waals surface area contributed by atoms with Gasteiger partial charge in [-0.25, -0.2) is 8.42 Å². The first-order chi connectivity index (χ1) is 9.61. The molecule has 0 amide bonds. The van der Waals surface area contributed by atoms with Gasteiger partial charge in [-0.3, -0.25) is 0 Å². The lowest BCUT2D eigenvalue weighted by molar-refractivity contribution is 0.395. The first-order valence-electron chi connectivity index (χ1n) is 6.45. The summed E-state index contributed by atoms with van der Waals surface area (Å²) in [5, 5.41) is 2.03. The van der Waals surface area contributed by atoms with E-state index >= 15 is 0 Å². The van der Waals surface area contributed by atoms with Crippen LogP contribution in [0.5, 0.6) is 0 Å². The number of hydrogen-bond donors (Lipinski definition) is 1. The van der Waals surface area contributed by atoms with E-state index in [1.807, 2.05) is 17.5 Å². The van der Waals surface area contributed by atoms with Gasteiger partial charge in [0, 0.05) is 22.8 Å². The van der Waals surface area contributed by atoms with Crippen LogP contribution < -0.4 is 5.73 Å². The van der Waals surface area contributed by atoms with Gasteiger partial charge in [-0.15, -0.1) is 22.7 Å². The molecule has 20 heavy (non-hydrogen) atoms. The Morgan fingerprint density at radius 2 is 2.15 bits per heavy atom. The van der Waals surface area contributed by atoms with Gasteiger partial charge >= 0.3 is 0 Å². The fourth-order valence-electron chi connectivity index (χ4n) is 2.33. The Hall–Kier alpha value is -0.730. The predicted octanol–water partition coefficient (Wildman–Crippen LogP) is 2.06. The van der Waals surface area contributed by atoms with Crippen molar-refractivity contribution in [2.24, 2.45) is 5.73 Å². The summed E-state index contributed by atoms with van der Waals surface area (Å²) in [6, 6.07) is 5.59. The van der Waals surface area contributed by atoms with Crippen molar-refractivity contribution in [2.75, 3.05) is 13.1 Å². The Labute approximate surface area is 126 Å². The van der Waals surface area contributed by atoms with Gasteiger partial charge in [-0.05, 0) is 48.5 Å². The van der Waals surface area contributed by atoms with E-state index in [0.29, 0.717) is 23.8 Å². The van der Waals surface area contributed by atoms with Crippen LogP contribution in [0, 0.1) is 0 Å². The van der Waals surface area contributed by atoms with Crippen molar-refractivity contribution in [2.45, 2.75) is 23.6 Å². The lowest BCUT2D eigenvalue weighted by atomic mass is 10.1. The molecule has 0 radical (unpaired) electrons. The van der Waals surface area contributed by atoms with Crippen LogP contribution in [0.1, 0.15) is 15.3 Å². The van der Waals surface area contributed by atoms with Crippen molar-refractivity contribution in [1.29, 1.82) is 0 Å². The minimum atomic E-state index is -3.36. The molecule has 3 rings (SSSR count). The lowest BCUT2D eigenvalue weighted by Gasteiger charge is -2.25. The fourth-order valence-corrected chi connectivity index (χ4v) is 6.16. The summed E-state index contributed by atoms with van der Waals surface area (Å²) in [7, 11) is -3.36. The molecule has 0 saturated heterocycles. The Morgan fingerprint density at radius 1 is 1.30 bits per heavy atom. The molecule has 0 aromatic carbocycles. The molecule has 0 aliphatic carbocycles. The summed E-state index contributed by atoms with van der Waals surface area (Å²) in [5.74, 6) is 0. The van der Waals surface area contributed by atoms with Crippen LogP contribution in [0.2, 0.25) is 0 Å². The highest BCUT2D eigenvalue weighted by molar-refractivity contribution is 7.91. The molecule has 1 aliphatic heterocycles. The standard InChI is InChI=1S/C13H16N2O2S3/c14-6-3-11-1-2-13(19-11)20(16,17)15-7-4-12-10(9-15)5-8-18-12/h1-2,5,8H,3-4,6-7,9,14H2. The molecule has 1 aliphatic rings. The average molecular weight is 328 g/mol. The van der Waals surface area contributed by atoms with Crippen molar-refractivity contribution in [3.63, 3.8) is 0 Å². The van der Waals surface area contributed by atoms with Gasteiger partial charge in [0.1, 0.15) is 4.21 Å². The maximum absolute atomic E-state index is 12.6. The number of sulfonamides is 1. The van der Waals surface area contributed by atoms with Gasteiger partial charge in [0.15, 0.2) is 0 Å². The van der Waals surface area contributed by atoms with Gasteiger partial charge in [0.05, 0.1) is 0 Å². The van der Waals surface area contributed by atoms with E-state index in [1.54, 1.807) is 21.7 Å². The monoisotopic (exact) mass is 328 g/mol. The van der Waals surface area contributed by atoms with E-state index in [1.165, 1.54) is 16.2 Å². The molecule has 0 saturated carbocycles. The van der Waals surface area contributed by atoms with Crippen LogP contribution in [-0.2, 0) is 29.4 Å². The van der Waals surface area contributed by atoms with Crippen LogP contribution in [0.4, 0.5) is 0 Å². The van der Waals surface area contributed by atoms with Crippen molar-refractivity contribution < 1.29 is 8.42 Å². The Morgan fingerprint density at radius 3 is 2.95 bits per heavy atom. The minimum absolute atomic E-state index is 0.430. The average Bonchev–Trinajstić information content (AvgIpc) is 3.06. The van der Waals surface area contributed by atoms with Crippen LogP contribution in [0.3, 0.4) is 0 Å². The van der Waals surface area contributed by atoms with E-state index in [4.69, 9.17) is 5.73 Å². The number of thiophene rings is 2. The van der Waals surface area contributed by atoms with E-state index in [-0.39, 0.29) is 0 Å². The first-order valence-corrected chi connectivity index (χ1v) is 9.59. The molecule has 0 spiro atoms. The first kappa shape index (κ1) is 14.2. The normalized spacial score (nSPS) is 16.2. The zero-order chi connectivity index (χ0) is 14.2. The second kappa shape index (κ2) is 5.57. The largest absolute Gasteiger partial charge is 0.330 e. The molecular weight excluding hydrogens is 312 g/mol. The Kier molecular flexibility index (Phi) is 3.96. The Balaban J connectivity index is 1.85. The molecule has 0 fully saturated rings. The molecule has 0 unspecified atom stereocenters. The minimum Gasteiger partial charge on any atom is -0.330 e. The molecule has 0 atom stereocenters. The summed E-state index contributed by atoms with van der Waals surface area (Å²) in [6.07, 6.45) is 1.54. The summed E-state index contributed by atoms with van der Waals surface area (Å²) in [5.41, 5.74) is 6.65. The summed E-state index contributed by atoms with van der Waals surface area (Å²) >= 11 is 3.05. The number of nitrogens with two attached hydrogens (primary N) is 1. The highest BCUT2D eigenvalue weighted by Crippen LogP contribution is 2.30. The van der Waals surface area contributed by atoms with E-state index in [2.05, 4.69) is 0 Å². The summed E-state index contributed by atoms with van der Waals surface area (Å²) in [6.45, 7) is 1.60. The maximum atomic E-state index is 12.6. The van der Waals surface area contributed by atoms with E-state index < -0.39 is 10.0 Å². The maximum Gasteiger partial charge on any atom is 0.252 e. The third-order valence-corrected chi connectivity index (χ3v) is 7.88. The molecule has 4 nitrogen and oxygen atoms in total. The molecular formula is C13H16N2O2S3. The molecule has 2 aromatic rings. The highest BCUT2D eigenvalue weighted by atomic mass is 32.2. The highest BCUT2D eigenvalue weighted by Gasteiger charge is 2.29. The molecule has 2 aromatic heterocycles. The number of rotatable bonds is 4. The van der Waals surface area contributed by atoms with Crippen LogP contribution >= 0.6 is 22.7 Å². The van der Waals surface area contributed by atoms with Crippen molar-refractivity contribution in [1.82, 2.24) is 4.31 Å². The van der Waals surface area contributed by atoms with E-state index in [9.17, 15) is 8.42 Å². The fraction of sp³-hybridized carbons (Fsp3) is 0.385. The summed E-state index contributed by atoms with van der Waals surface area (Å²) in [4.78, 5) is 2.34. The molecule has 108 valence electrons. The summed E-state index contributed by atoms with van der Waals surface area (Å²) < 4.78 is 27.3. The van der Waals surface area contributed by atoms with Gasteiger partial charge in [0.2, 0.25) is 0 Å². The van der Waals surface area contributed by atoms with Gasteiger partial charge in [-0.2, -0.15) is 4.31 Å². The van der Waals surface area contributed by atoms with Crippen LogP contribution in [0.25, 0.3) is 0 Å². The number of hydrogen-bond acceptors (Lipinski definition) is 5. The van der Waals surface area contributed by atoms with Gasteiger partial charge in [0.25, 0.3) is 10.0 Å². The zero-order valence-electron chi connectivity index (χ0n) is 10.9. The molecule has 2 N–H and O–H groups in total. The predicted molar refractivity (Wildman–Crippen MR) is 82.7 cm³/mol. The third-order valence-electron chi connectivity index (χ3n) is 3.39. The molecule has 0 bridgehead atoms. The van der Waals surface area contributed by atoms with Crippen molar-refractivity contribution >= 4 is 32.7 Å². The van der Waals surface area contributed by atoms with Crippen molar-refractivity contribution in [3.05, 3.63) is 38.9 Å². The SMILES string of the molecule is NCCc1ccc(S(=O)(=O)N2CCc3sccc3C2)s1. The van der Waals surface area contributed by atoms with Crippen LogP contribution in [0.15, 0.2) is 27.8 Å². The zero-order valence-corrected chi connectivity index (χ0v) is 13.4. The molecule has 7 heteroatoms. The quantitative estimate of drug-likeness (QED) is 0.934. The van der Waals surface area contributed by atoms with E-state index in [0.717, 1.165) is 23.3 Å². The van der Waals surface area contributed by atoms with Gasteiger partial charge < -0.3 is 5.73 Å². The van der Waals surface area contributed by atoms with Gasteiger partial charge in [-0.1, -0.05) is 0 Å². The number of nitrogens with zero attached hydrogens (tertiary/aromatic N) is 1. The topological polar surface area (TPSA) is 63.4 Å². The number of fused-ring (bicyclic) bond motifs is 1. The second-order valence-electron chi connectivity index (χ2n) is 4.72. The smallest absolute Gasteiger partial charge is 0.252 e. The Bertz CT molecular complexity index is 703. The molecule has 3 heterocycles. The third kappa shape index (κ3) is 2.56. The van der Waals surface area contributed by atoms with Crippen LogP contribution in [-0.4, -0.2) is 25.8 Å².